The highest BCUT2D eigenvalue weighted by atomic mass is 16.2. The van der Waals surface area contributed by atoms with E-state index in [4.69, 9.17) is 5.73 Å². The van der Waals surface area contributed by atoms with E-state index in [1.165, 1.54) is 0 Å². The summed E-state index contributed by atoms with van der Waals surface area (Å²) >= 11 is 0. The van der Waals surface area contributed by atoms with Crippen LogP contribution < -0.4 is 5.73 Å². The molecule has 0 bridgehead atoms. The molecule has 1 amide bonds. The van der Waals surface area contributed by atoms with Gasteiger partial charge in [0, 0.05) is 18.8 Å². The lowest BCUT2D eigenvalue weighted by Gasteiger charge is -2.37. The molecule has 1 aliphatic heterocycles. The number of nitrogen functional groups attached to an aromatic ring is 1. The van der Waals surface area contributed by atoms with E-state index in [-0.39, 0.29) is 5.91 Å². The van der Waals surface area contributed by atoms with Gasteiger partial charge in [-0.2, -0.15) is 0 Å². The van der Waals surface area contributed by atoms with Gasteiger partial charge in [-0.05, 0) is 29.9 Å². The number of hydrogen-bond acceptors (Lipinski definition) is 2. The van der Waals surface area contributed by atoms with Crippen molar-refractivity contribution in [1.82, 2.24) is 4.90 Å². The molecule has 1 heterocycles. The number of rotatable bonds is 2. The summed E-state index contributed by atoms with van der Waals surface area (Å²) in [6.07, 6.45) is 2.60. The summed E-state index contributed by atoms with van der Waals surface area (Å²) in [6, 6.07) is 7.61. The van der Waals surface area contributed by atoms with Crippen LogP contribution in [0.1, 0.15) is 32.3 Å². The van der Waals surface area contributed by atoms with Crippen molar-refractivity contribution in [2.24, 2.45) is 5.41 Å². The molecule has 2 N–H and O–H groups in total. The van der Waals surface area contributed by atoms with Gasteiger partial charge in [0.1, 0.15) is 0 Å². The minimum absolute atomic E-state index is 0.198. The first-order valence-electron chi connectivity index (χ1n) is 6.59. The molecule has 18 heavy (non-hydrogen) atoms. The van der Waals surface area contributed by atoms with Crippen LogP contribution in [0.5, 0.6) is 0 Å². The summed E-state index contributed by atoms with van der Waals surface area (Å²) in [5.41, 5.74) is 7.90. The fourth-order valence-electron chi connectivity index (χ4n) is 2.33. The highest BCUT2D eigenvalue weighted by Crippen LogP contribution is 2.30. The van der Waals surface area contributed by atoms with E-state index in [9.17, 15) is 4.79 Å². The molecule has 98 valence electrons. The lowest BCUT2D eigenvalue weighted by Crippen LogP contribution is -2.41. The first-order chi connectivity index (χ1) is 8.48. The number of benzene rings is 1. The van der Waals surface area contributed by atoms with Crippen LogP contribution >= 0.6 is 0 Å². The van der Waals surface area contributed by atoms with Crippen molar-refractivity contribution in [2.75, 3.05) is 18.8 Å². The predicted molar refractivity (Wildman–Crippen MR) is 74.2 cm³/mol. The average Bonchev–Trinajstić information content (AvgIpc) is 2.32. The van der Waals surface area contributed by atoms with Crippen molar-refractivity contribution in [2.45, 2.75) is 33.1 Å². The summed E-state index contributed by atoms with van der Waals surface area (Å²) < 4.78 is 0. The lowest BCUT2D eigenvalue weighted by molar-refractivity contribution is -0.132. The van der Waals surface area contributed by atoms with Gasteiger partial charge >= 0.3 is 0 Å². The summed E-state index contributed by atoms with van der Waals surface area (Å²) in [4.78, 5) is 14.2. The molecule has 0 saturated carbocycles. The molecule has 1 aromatic rings. The molecule has 2 rings (SSSR count). The van der Waals surface area contributed by atoms with Crippen LogP contribution in [-0.2, 0) is 11.2 Å². The van der Waals surface area contributed by atoms with Gasteiger partial charge in [0.15, 0.2) is 0 Å². The van der Waals surface area contributed by atoms with Gasteiger partial charge in [0.25, 0.3) is 0 Å². The molecule has 3 heteroatoms. The van der Waals surface area contributed by atoms with Crippen molar-refractivity contribution in [1.29, 1.82) is 0 Å². The SMILES string of the molecule is CC1(C)CCN(C(=O)Cc2ccccc2N)CC1. The Morgan fingerprint density at radius 2 is 1.89 bits per heavy atom. The Kier molecular flexibility index (Phi) is 3.60. The van der Waals surface area contributed by atoms with Crippen molar-refractivity contribution in [3.8, 4) is 0 Å². The third kappa shape index (κ3) is 3.03. The van der Waals surface area contributed by atoms with Crippen molar-refractivity contribution < 1.29 is 4.79 Å². The molecular weight excluding hydrogens is 224 g/mol. The normalized spacial score (nSPS) is 18.7. The second-order valence-electron chi connectivity index (χ2n) is 5.92. The number of para-hydroxylation sites is 1. The Morgan fingerprint density at radius 3 is 2.50 bits per heavy atom. The number of likely N-dealkylation sites (tertiary alicyclic amines) is 1. The van der Waals surface area contributed by atoms with E-state index in [1.54, 1.807) is 0 Å². The Hall–Kier alpha value is -1.51. The molecular formula is C15H22N2O. The first-order valence-corrected chi connectivity index (χ1v) is 6.59. The minimum Gasteiger partial charge on any atom is -0.398 e. The zero-order valence-corrected chi connectivity index (χ0v) is 11.3. The molecule has 0 spiro atoms. The van der Waals surface area contributed by atoms with Gasteiger partial charge in [0.2, 0.25) is 5.91 Å². The summed E-state index contributed by atoms with van der Waals surface area (Å²) in [5, 5.41) is 0. The molecule has 0 aromatic heterocycles. The number of nitrogens with two attached hydrogens (primary N) is 1. The highest BCUT2D eigenvalue weighted by Gasteiger charge is 2.27. The van der Waals surface area contributed by atoms with Crippen molar-refractivity contribution >= 4 is 11.6 Å². The molecule has 0 atom stereocenters. The van der Waals surface area contributed by atoms with E-state index in [0.29, 0.717) is 17.5 Å². The molecule has 0 unspecified atom stereocenters. The van der Waals surface area contributed by atoms with Crippen LogP contribution in [0, 0.1) is 5.41 Å². The fourth-order valence-corrected chi connectivity index (χ4v) is 2.33. The monoisotopic (exact) mass is 246 g/mol. The van der Waals surface area contributed by atoms with Gasteiger partial charge in [-0.1, -0.05) is 32.0 Å². The number of amides is 1. The largest absolute Gasteiger partial charge is 0.398 e. The third-order valence-corrected chi connectivity index (χ3v) is 3.87. The standard InChI is InChI=1S/C15H22N2O/c1-15(2)7-9-17(10-8-15)14(18)11-12-5-3-4-6-13(12)16/h3-6H,7-11,16H2,1-2H3. The smallest absolute Gasteiger partial charge is 0.227 e. The molecule has 1 aromatic carbocycles. The summed E-state index contributed by atoms with van der Waals surface area (Å²) in [6.45, 7) is 6.28. The van der Waals surface area contributed by atoms with Crippen molar-refractivity contribution in [3.63, 3.8) is 0 Å². The second kappa shape index (κ2) is 5.01. The number of hydrogen-bond donors (Lipinski definition) is 1. The Bertz CT molecular complexity index is 430. The zero-order chi connectivity index (χ0) is 13.2. The first kappa shape index (κ1) is 12.9. The van der Waals surface area contributed by atoms with Crippen LogP contribution in [-0.4, -0.2) is 23.9 Å². The zero-order valence-electron chi connectivity index (χ0n) is 11.3. The van der Waals surface area contributed by atoms with Crippen molar-refractivity contribution in [3.05, 3.63) is 29.8 Å². The van der Waals surface area contributed by atoms with Gasteiger partial charge in [-0.3, -0.25) is 4.79 Å². The quantitative estimate of drug-likeness (QED) is 0.815. The maximum atomic E-state index is 12.2. The molecule has 1 aliphatic rings. The second-order valence-corrected chi connectivity index (χ2v) is 5.92. The van der Waals surface area contributed by atoms with Crippen LogP contribution in [0.4, 0.5) is 5.69 Å². The van der Waals surface area contributed by atoms with Crippen LogP contribution in [0.2, 0.25) is 0 Å². The van der Waals surface area contributed by atoms with Gasteiger partial charge in [-0.15, -0.1) is 0 Å². The van der Waals surface area contributed by atoms with Gasteiger partial charge in [0.05, 0.1) is 6.42 Å². The number of piperidine rings is 1. The van der Waals surface area contributed by atoms with Gasteiger partial charge in [-0.25, -0.2) is 0 Å². The minimum atomic E-state index is 0.198. The summed E-state index contributed by atoms with van der Waals surface area (Å²) in [5.74, 6) is 0.198. The predicted octanol–water partition coefficient (Wildman–Crippen LogP) is 2.46. The Balaban J connectivity index is 1.95. The molecule has 3 nitrogen and oxygen atoms in total. The van der Waals surface area contributed by atoms with E-state index < -0.39 is 0 Å². The van der Waals surface area contributed by atoms with E-state index >= 15 is 0 Å². The molecule has 0 radical (unpaired) electrons. The van der Waals surface area contributed by atoms with E-state index in [2.05, 4.69) is 13.8 Å². The highest BCUT2D eigenvalue weighted by molar-refractivity contribution is 5.80. The Labute approximate surface area is 109 Å². The number of nitrogens with zero attached hydrogens (tertiary/aromatic N) is 1. The maximum Gasteiger partial charge on any atom is 0.227 e. The average molecular weight is 246 g/mol. The van der Waals surface area contributed by atoms with Crippen LogP contribution in [0.3, 0.4) is 0 Å². The third-order valence-electron chi connectivity index (χ3n) is 3.87. The van der Waals surface area contributed by atoms with E-state index in [1.807, 2.05) is 29.2 Å². The molecule has 1 fully saturated rings. The lowest BCUT2D eigenvalue weighted by atomic mass is 9.82. The molecule has 0 aliphatic carbocycles. The maximum absolute atomic E-state index is 12.2. The summed E-state index contributed by atoms with van der Waals surface area (Å²) in [7, 11) is 0. The van der Waals surface area contributed by atoms with Crippen LogP contribution in [0.25, 0.3) is 0 Å². The Morgan fingerprint density at radius 1 is 1.28 bits per heavy atom. The fraction of sp³-hybridized carbons (Fsp3) is 0.533. The number of carbonyl (C=O) groups is 1. The molecule has 1 saturated heterocycles. The topological polar surface area (TPSA) is 46.3 Å². The number of anilines is 1. The van der Waals surface area contributed by atoms with Crippen LogP contribution in [0.15, 0.2) is 24.3 Å². The van der Waals surface area contributed by atoms with E-state index in [0.717, 1.165) is 31.5 Å². The number of carbonyl (C=O) groups excluding carboxylic acids is 1. The van der Waals surface area contributed by atoms with Gasteiger partial charge < -0.3 is 10.6 Å².